The van der Waals surface area contributed by atoms with Gasteiger partial charge in [0.1, 0.15) is 0 Å². The molecule has 0 saturated heterocycles. The van der Waals surface area contributed by atoms with Gasteiger partial charge in [-0.2, -0.15) is 0 Å². The maximum Gasteiger partial charge on any atom is 2.00 e. The summed E-state index contributed by atoms with van der Waals surface area (Å²) in [4.78, 5) is 18.0. The minimum absolute atomic E-state index is 0. The van der Waals surface area contributed by atoms with Crippen molar-refractivity contribution in [3.63, 3.8) is 0 Å². The quantitative estimate of drug-likeness (QED) is 0.251. The monoisotopic (exact) mass is 230 g/mol. The zero-order chi connectivity index (χ0) is 5.21. The van der Waals surface area contributed by atoms with E-state index in [-0.39, 0.29) is 34.1 Å². The van der Waals surface area contributed by atoms with Crippen molar-refractivity contribution in [2.24, 2.45) is 0 Å². The molecule has 0 aliphatic carbocycles. The van der Waals surface area contributed by atoms with E-state index in [1.54, 1.807) is 0 Å². The first-order chi connectivity index (χ1) is 2.56. The fraction of sp³-hybridized carbons (Fsp3) is 0. The zero-order valence-corrected chi connectivity index (χ0v) is 6.22. The van der Waals surface area contributed by atoms with Crippen LogP contribution >= 0.6 is 7.82 Å². The van der Waals surface area contributed by atoms with Crippen LogP contribution in [0.3, 0.4) is 0 Å². The molecule has 0 amide bonds. The van der Waals surface area contributed by atoms with Crippen LogP contribution < -0.4 is 9.79 Å². The molecule has 0 aliphatic heterocycles. The molecule has 0 aromatic heterocycles. The van der Waals surface area contributed by atoms with Gasteiger partial charge in [0.05, 0.1) is 7.82 Å². The van der Waals surface area contributed by atoms with Gasteiger partial charge in [-0.1, -0.05) is 0 Å². The maximum absolute atomic E-state index is 9.00. The summed E-state index contributed by atoms with van der Waals surface area (Å²) in [7, 11) is -5.09. The molecule has 0 rings (SSSR count). The molecule has 0 spiro atoms. The van der Waals surface area contributed by atoms with E-state index in [0.717, 1.165) is 0 Å². The predicted octanol–water partition coefficient (Wildman–Crippen LogP) is -1.70. The first-order valence-electron chi connectivity index (χ1n) is 0.913. The fourth-order valence-corrected chi connectivity index (χ4v) is 0. The fourth-order valence-electron chi connectivity index (χ4n) is 0. The molecule has 0 bridgehead atoms. The number of rotatable bonds is 1. The van der Waals surface area contributed by atoms with E-state index in [0.29, 0.717) is 0 Å². The molecule has 1 N–H and O–H groups in total. The Bertz CT molecular complexity index is 76.5. The molecule has 8 heteroatoms. The summed E-state index contributed by atoms with van der Waals surface area (Å²) in [5.41, 5.74) is 0. The smallest absolute Gasteiger partial charge is 0.788 e. The molecular formula is HCuMnO5P. The molecule has 0 heterocycles. The molecule has 0 fully saturated rings. The van der Waals surface area contributed by atoms with Crippen LogP contribution in [0.25, 0.3) is 0 Å². The van der Waals surface area contributed by atoms with Crippen LogP contribution in [0.2, 0.25) is 0 Å². The largest absolute Gasteiger partial charge is 2.00 e. The molecule has 5 nitrogen and oxygen atoms in total. The Morgan fingerprint density at radius 3 is 1.62 bits per heavy atom. The molecule has 54 valence electrons. The first-order valence-corrected chi connectivity index (χ1v) is 2.37. The van der Waals surface area contributed by atoms with Crippen molar-refractivity contribution >= 4 is 7.82 Å². The van der Waals surface area contributed by atoms with Gasteiger partial charge in [-0.25, -0.2) is 9.93 Å². The summed E-state index contributed by atoms with van der Waals surface area (Å²) in [6, 6.07) is 0. The first kappa shape index (κ1) is 16.0. The van der Waals surface area contributed by atoms with Crippen LogP contribution in [-0.2, 0) is 43.4 Å². The molecule has 2 radical (unpaired) electrons. The van der Waals surface area contributed by atoms with Crippen molar-refractivity contribution in [2.75, 3.05) is 0 Å². The van der Waals surface area contributed by atoms with Gasteiger partial charge in [0, 0.05) is 17.1 Å². The van der Waals surface area contributed by atoms with Gasteiger partial charge in [0.25, 0.3) is 0 Å². The van der Waals surface area contributed by atoms with E-state index < -0.39 is 7.82 Å². The van der Waals surface area contributed by atoms with Gasteiger partial charge in [-0.05, 0) is 0 Å². The standard InChI is InChI=1S/Cu.Mn.H3O5P/c;;1-5-6(2,3)4/h;;1H,(H2,2,3,4)/q+2;;/p-2. The van der Waals surface area contributed by atoms with Crippen molar-refractivity contribution in [3.05, 3.63) is 0 Å². The third-order valence-corrected chi connectivity index (χ3v) is 0.300. The van der Waals surface area contributed by atoms with Gasteiger partial charge in [0.2, 0.25) is 0 Å². The van der Waals surface area contributed by atoms with Crippen LogP contribution in [0.15, 0.2) is 0 Å². The third kappa shape index (κ3) is 15.7. The van der Waals surface area contributed by atoms with E-state index in [2.05, 4.69) is 4.67 Å². The van der Waals surface area contributed by atoms with Crippen molar-refractivity contribution in [1.29, 1.82) is 0 Å². The third-order valence-electron chi connectivity index (χ3n) is 0.100. The van der Waals surface area contributed by atoms with Gasteiger partial charge in [-0.15, -0.1) is 0 Å². The average Bonchev–Trinajstić information content (AvgIpc) is 1.35. The van der Waals surface area contributed by atoms with Crippen LogP contribution in [0.5, 0.6) is 0 Å². The summed E-state index contributed by atoms with van der Waals surface area (Å²) in [6.07, 6.45) is 0. The summed E-state index contributed by atoms with van der Waals surface area (Å²) < 4.78 is 11.4. The Hall–Kier alpha value is 1.11. The Morgan fingerprint density at radius 1 is 1.50 bits per heavy atom. The second-order valence-corrected chi connectivity index (χ2v) is 1.59. The van der Waals surface area contributed by atoms with Gasteiger partial charge < -0.3 is 14.4 Å². The van der Waals surface area contributed by atoms with E-state index >= 15 is 0 Å². The molecule has 0 atom stereocenters. The van der Waals surface area contributed by atoms with Crippen LogP contribution in [-0.4, -0.2) is 5.26 Å². The van der Waals surface area contributed by atoms with Crippen molar-refractivity contribution in [3.8, 4) is 0 Å². The molecule has 8 heavy (non-hydrogen) atoms. The molecule has 0 aromatic rings. The number of hydrogen-bond donors (Lipinski definition) is 1. The van der Waals surface area contributed by atoms with Gasteiger partial charge in [0.15, 0.2) is 0 Å². The Balaban J connectivity index is -0.000000125. The second kappa shape index (κ2) is 6.23. The predicted molar refractivity (Wildman–Crippen MR) is 11.3 cm³/mol. The van der Waals surface area contributed by atoms with E-state index in [9.17, 15) is 0 Å². The van der Waals surface area contributed by atoms with Gasteiger partial charge in [-0.3, -0.25) is 0 Å². The molecular weight excluding hydrogens is 229 g/mol. The Morgan fingerprint density at radius 2 is 1.62 bits per heavy atom. The Kier molecular flexibility index (Phi) is 12.5. The Labute approximate surface area is 66.5 Å². The average molecular weight is 230 g/mol. The normalized spacial score (nSPS) is 8.88. The molecule has 0 aliphatic rings. The topological polar surface area (TPSA) is 92.7 Å². The number of hydrogen-bond acceptors (Lipinski definition) is 5. The maximum atomic E-state index is 9.00. The zero-order valence-electron chi connectivity index (χ0n) is 3.21. The summed E-state index contributed by atoms with van der Waals surface area (Å²) >= 11 is 0. The van der Waals surface area contributed by atoms with Crippen molar-refractivity contribution < 1.29 is 58.4 Å². The molecule has 0 saturated carbocycles. The van der Waals surface area contributed by atoms with Crippen LogP contribution in [0, 0.1) is 0 Å². The van der Waals surface area contributed by atoms with E-state index in [4.69, 9.17) is 19.6 Å². The van der Waals surface area contributed by atoms with Crippen molar-refractivity contribution in [2.45, 2.75) is 0 Å². The number of phosphoric acid groups is 1. The van der Waals surface area contributed by atoms with Crippen LogP contribution in [0.1, 0.15) is 0 Å². The molecule has 0 aromatic carbocycles. The summed E-state index contributed by atoms with van der Waals surface area (Å²) in [5.74, 6) is 0. The van der Waals surface area contributed by atoms with Crippen molar-refractivity contribution in [1.82, 2.24) is 0 Å². The molecule has 0 unspecified atom stereocenters. The SMILES string of the molecule is O=P([O-])([O-])OO.[Cu+2].[Mn]. The summed E-state index contributed by atoms with van der Waals surface area (Å²) in [6.45, 7) is 0. The minimum atomic E-state index is -5.09. The second-order valence-electron chi connectivity index (χ2n) is 0.529. The van der Waals surface area contributed by atoms with Crippen LogP contribution in [0.4, 0.5) is 0 Å². The van der Waals surface area contributed by atoms with E-state index in [1.807, 2.05) is 0 Å². The van der Waals surface area contributed by atoms with E-state index in [1.165, 1.54) is 0 Å². The minimum Gasteiger partial charge on any atom is -0.788 e. The van der Waals surface area contributed by atoms with Gasteiger partial charge >= 0.3 is 17.1 Å². The summed E-state index contributed by atoms with van der Waals surface area (Å²) in [5, 5.41) is 7.01.